The van der Waals surface area contributed by atoms with Gasteiger partial charge in [0.25, 0.3) is 0 Å². The molecule has 0 aromatic rings. The Morgan fingerprint density at radius 2 is 1.80 bits per heavy atom. The highest BCUT2D eigenvalue weighted by atomic mass is 16.6. The number of piperidine rings is 2. The highest BCUT2D eigenvalue weighted by molar-refractivity contribution is 5.75. The molecule has 6 atom stereocenters. The van der Waals surface area contributed by atoms with E-state index in [0.29, 0.717) is 17.3 Å². The number of hydrogen-bond acceptors (Lipinski definition) is 5. The van der Waals surface area contributed by atoms with E-state index in [1.54, 1.807) is 0 Å². The zero-order chi connectivity index (χ0) is 20.3. The van der Waals surface area contributed by atoms with Gasteiger partial charge in [0.05, 0.1) is 18.1 Å². The molecule has 1 spiro atoms. The Hall–Kier alpha value is -0.650. The van der Waals surface area contributed by atoms with E-state index >= 15 is 0 Å². The van der Waals surface area contributed by atoms with Crippen LogP contribution in [0.1, 0.15) is 71.1 Å². The van der Waals surface area contributed by atoms with E-state index in [4.69, 9.17) is 9.47 Å². The van der Waals surface area contributed by atoms with Gasteiger partial charge in [-0.25, -0.2) is 0 Å². The van der Waals surface area contributed by atoms with E-state index in [-0.39, 0.29) is 23.6 Å². The van der Waals surface area contributed by atoms with Crippen molar-refractivity contribution in [2.45, 2.75) is 88.9 Å². The van der Waals surface area contributed by atoms with Crippen molar-refractivity contribution in [3.05, 3.63) is 0 Å². The third-order valence-corrected chi connectivity index (χ3v) is 10.00. The van der Waals surface area contributed by atoms with Gasteiger partial charge in [0.2, 0.25) is 0 Å². The molecule has 4 aliphatic heterocycles. The van der Waals surface area contributed by atoms with Crippen LogP contribution in [0.15, 0.2) is 0 Å². The van der Waals surface area contributed by atoms with Crippen molar-refractivity contribution in [3.8, 4) is 0 Å². The summed E-state index contributed by atoms with van der Waals surface area (Å²) in [7, 11) is 0. The molecule has 6 rings (SSSR count). The van der Waals surface area contributed by atoms with Gasteiger partial charge in [-0.1, -0.05) is 13.3 Å². The van der Waals surface area contributed by atoms with Crippen LogP contribution in [0.4, 0.5) is 0 Å². The van der Waals surface area contributed by atoms with Crippen molar-refractivity contribution in [3.63, 3.8) is 0 Å². The van der Waals surface area contributed by atoms with Crippen LogP contribution < -0.4 is 0 Å². The van der Waals surface area contributed by atoms with E-state index in [9.17, 15) is 4.79 Å². The zero-order valence-corrected chi connectivity index (χ0v) is 18.8. The summed E-state index contributed by atoms with van der Waals surface area (Å²) < 4.78 is 12.1. The predicted molar refractivity (Wildman–Crippen MR) is 115 cm³/mol. The fourth-order valence-corrected chi connectivity index (χ4v) is 8.19. The lowest BCUT2D eigenvalue weighted by Crippen LogP contribution is -2.52. The number of nitrogens with zero attached hydrogens (tertiary/aromatic N) is 2. The van der Waals surface area contributed by atoms with Gasteiger partial charge in [0, 0.05) is 18.5 Å². The number of ether oxygens (including phenoxy) is 2. The van der Waals surface area contributed by atoms with Gasteiger partial charge in [-0.05, 0) is 95.3 Å². The molecule has 168 valence electrons. The highest BCUT2D eigenvalue weighted by Gasteiger charge is 2.65. The van der Waals surface area contributed by atoms with Gasteiger partial charge < -0.3 is 19.3 Å². The predicted octanol–water partition coefficient (Wildman–Crippen LogP) is 3.46. The Balaban J connectivity index is 1.10. The molecule has 30 heavy (non-hydrogen) atoms. The third-order valence-electron chi connectivity index (χ3n) is 10.00. The normalized spacial score (nSPS) is 47.7. The summed E-state index contributed by atoms with van der Waals surface area (Å²) in [5.74, 6) is 1.22. The van der Waals surface area contributed by atoms with Gasteiger partial charge in [0.1, 0.15) is 6.10 Å². The summed E-state index contributed by atoms with van der Waals surface area (Å²) in [6.45, 7) is 9.22. The van der Waals surface area contributed by atoms with Crippen LogP contribution in [-0.2, 0) is 14.3 Å². The maximum absolute atomic E-state index is 12.9. The molecule has 0 radical (unpaired) electrons. The Bertz CT molecular complexity index is 665. The summed E-state index contributed by atoms with van der Waals surface area (Å²) in [6.07, 6.45) is 12.8. The summed E-state index contributed by atoms with van der Waals surface area (Å²) in [6, 6.07) is 0.773. The maximum atomic E-state index is 12.9. The first-order chi connectivity index (χ1) is 14.6. The number of fused-ring (bicyclic) bond motifs is 3. The monoisotopic (exact) mass is 416 g/mol. The lowest BCUT2D eigenvalue weighted by molar-refractivity contribution is -0.147. The molecule has 4 saturated heterocycles. The Morgan fingerprint density at radius 1 is 1.03 bits per heavy atom. The summed E-state index contributed by atoms with van der Waals surface area (Å²) in [5.41, 5.74) is 0.457. The van der Waals surface area contributed by atoms with Crippen molar-refractivity contribution < 1.29 is 14.3 Å². The van der Waals surface area contributed by atoms with E-state index in [1.807, 2.05) is 0 Å². The molecular formula is C25H40N2O3. The van der Waals surface area contributed by atoms with Crippen LogP contribution in [0.2, 0.25) is 0 Å². The first kappa shape index (κ1) is 20.0. The van der Waals surface area contributed by atoms with Crippen LogP contribution in [0.3, 0.4) is 0 Å². The SMILES string of the molecule is C[C@]12CCC[C@]3(CO3)[C@H]1C[C@@H]1[C@H](CN3CCC(N4CCCCC4)CC3)C(=O)O[C@@H]1C2. The first-order valence-electron chi connectivity index (χ1n) is 12.9. The molecule has 5 nitrogen and oxygen atoms in total. The molecule has 2 aliphatic carbocycles. The number of epoxide rings is 1. The molecule has 2 saturated carbocycles. The second kappa shape index (κ2) is 7.45. The number of carbonyl (C=O) groups is 1. The number of likely N-dealkylation sites (tertiary alicyclic amines) is 2. The third kappa shape index (κ3) is 3.34. The van der Waals surface area contributed by atoms with Crippen LogP contribution in [0.5, 0.6) is 0 Å². The highest BCUT2D eigenvalue weighted by Crippen LogP contribution is 2.62. The van der Waals surface area contributed by atoms with Crippen LogP contribution in [0, 0.1) is 23.2 Å². The average molecular weight is 417 g/mol. The molecule has 0 bridgehead atoms. The molecule has 5 heteroatoms. The second-order valence-corrected chi connectivity index (χ2v) is 11.7. The van der Waals surface area contributed by atoms with Gasteiger partial charge in [0.15, 0.2) is 0 Å². The topological polar surface area (TPSA) is 45.3 Å². The molecular weight excluding hydrogens is 376 g/mol. The van der Waals surface area contributed by atoms with Gasteiger partial charge in [-0.15, -0.1) is 0 Å². The van der Waals surface area contributed by atoms with Gasteiger partial charge in [-0.2, -0.15) is 0 Å². The lowest BCUT2D eigenvalue weighted by atomic mass is 9.53. The Kier molecular flexibility index (Phi) is 4.97. The Labute approximate surface area is 181 Å². The molecule has 4 heterocycles. The van der Waals surface area contributed by atoms with Crippen LogP contribution in [-0.4, -0.2) is 72.8 Å². The van der Waals surface area contributed by atoms with E-state index in [0.717, 1.165) is 45.1 Å². The fraction of sp³-hybridized carbons (Fsp3) is 0.960. The molecule has 0 amide bonds. The number of rotatable bonds is 3. The maximum Gasteiger partial charge on any atom is 0.310 e. The molecule has 0 aromatic heterocycles. The summed E-state index contributed by atoms with van der Waals surface area (Å²) >= 11 is 0. The molecule has 0 N–H and O–H groups in total. The smallest absolute Gasteiger partial charge is 0.310 e. The average Bonchev–Trinajstić information content (AvgIpc) is 3.46. The van der Waals surface area contributed by atoms with Crippen LogP contribution >= 0.6 is 0 Å². The van der Waals surface area contributed by atoms with Crippen molar-refractivity contribution in [1.29, 1.82) is 0 Å². The van der Waals surface area contributed by atoms with Crippen molar-refractivity contribution >= 4 is 5.97 Å². The second-order valence-electron chi connectivity index (χ2n) is 11.7. The molecule has 6 aliphatic rings. The standard InChI is InChI=1S/C25H40N2O3/c1-24-8-5-9-25(17-29-25)22(24)14-19-20(23(28)30-21(19)15-24)16-26-12-6-18(7-13-26)27-10-3-2-4-11-27/h18-22H,2-17H2,1H3/t19-,20+,21-,22+,24-,25+/m1/s1. The summed E-state index contributed by atoms with van der Waals surface area (Å²) in [4.78, 5) is 18.2. The largest absolute Gasteiger partial charge is 0.462 e. The number of hydrogen-bond donors (Lipinski definition) is 0. The molecule has 6 fully saturated rings. The van der Waals surface area contributed by atoms with E-state index < -0.39 is 0 Å². The van der Waals surface area contributed by atoms with Crippen molar-refractivity contribution in [1.82, 2.24) is 9.80 Å². The van der Waals surface area contributed by atoms with Crippen molar-refractivity contribution in [2.75, 3.05) is 39.3 Å². The van der Waals surface area contributed by atoms with Crippen LogP contribution in [0.25, 0.3) is 0 Å². The minimum absolute atomic E-state index is 0.0869. The number of esters is 1. The quantitative estimate of drug-likeness (QED) is 0.521. The van der Waals surface area contributed by atoms with Gasteiger partial charge in [-0.3, -0.25) is 4.79 Å². The molecule has 0 aromatic carbocycles. The fourth-order valence-electron chi connectivity index (χ4n) is 8.19. The summed E-state index contributed by atoms with van der Waals surface area (Å²) in [5, 5.41) is 0. The van der Waals surface area contributed by atoms with Gasteiger partial charge >= 0.3 is 5.97 Å². The van der Waals surface area contributed by atoms with E-state index in [2.05, 4.69) is 16.7 Å². The number of carbonyl (C=O) groups excluding carboxylic acids is 1. The lowest BCUT2D eigenvalue weighted by Gasteiger charge is -2.51. The minimum Gasteiger partial charge on any atom is -0.462 e. The Morgan fingerprint density at radius 3 is 2.53 bits per heavy atom. The van der Waals surface area contributed by atoms with E-state index in [1.165, 1.54) is 64.5 Å². The zero-order valence-electron chi connectivity index (χ0n) is 18.8. The first-order valence-corrected chi connectivity index (χ1v) is 12.9. The molecule has 0 unspecified atom stereocenters. The minimum atomic E-state index is 0.0869. The van der Waals surface area contributed by atoms with Crippen molar-refractivity contribution in [2.24, 2.45) is 23.2 Å².